The minimum atomic E-state index is -0.552. The van der Waals surface area contributed by atoms with Crippen LogP contribution in [-0.4, -0.2) is 48.1 Å². The van der Waals surface area contributed by atoms with Gasteiger partial charge in [0.15, 0.2) is 0 Å². The van der Waals surface area contributed by atoms with Crippen molar-refractivity contribution in [2.24, 2.45) is 29.6 Å². The Hall–Kier alpha value is -1.50. The van der Waals surface area contributed by atoms with Crippen LogP contribution in [-0.2, 0) is 6.54 Å². The minimum Gasteiger partial charge on any atom is -0.392 e. The summed E-state index contributed by atoms with van der Waals surface area (Å²) in [4.78, 5) is 1.62. The second-order valence-electron chi connectivity index (χ2n) is 12.3. The van der Waals surface area contributed by atoms with Crippen molar-refractivity contribution in [3.8, 4) is 0 Å². The molecule has 3 saturated carbocycles. The van der Waals surface area contributed by atoms with Gasteiger partial charge in [-0.1, -0.05) is 43.1 Å². The Morgan fingerprint density at radius 1 is 1.09 bits per heavy atom. The van der Waals surface area contributed by atoms with Crippen LogP contribution in [0.4, 0.5) is 0 Å². The predicted octanol–water partition coefficient (Wildman–Crippen LogP) is 5.06. The summed E-state index contributed by atoms with van der Waals surface area (Å²) < 4.78 is 0. The zero-order valence-electron chi connectivity index (χ0n) is 22.0. The van der Waals surface area contributed by atoms with Crippen LogP contribution in [0.5, 0.6) is 0 Å². The molecule has 3 N–H and O–H groups in total. The molecule has 1 aromatic heterocycles. The molecule has 0 bridgehead atoms. The summed E-state index contributed by atoms with van der Waals surface area (Å²) in [6, 6.07) is 0. The maximum atomic E-state index is 10.8. The molecule has 3 aliphatic carbocycles. The maximum Gasteiger partial charge on any atom is 0.0693 e. The molecule has 3 aliphatic rings. The van der Waals surface area contributed by atoms with Crippen LogP contribution in [0.1, 0.15) is 91.4 Å². The zero-order chi connectivity index (χ0) is 25.0. The Kier molecular flexibility index (Phi) is 8.88. The van der Waals surface area contributed by atoms with Gasteiger partial charge in [0.05, 0.1) is 36.7 Å². The van der Waals surface area contributed by atoms with E-state index in [1.807, 2.05) is 13.8 Å². The number of hydrogen-bond donors (Lipinski definition) is 3. The second-order valence-corrected chi connectivity index (χ2v) is 12.3. The van der Waals surface area contributed by atoms with Gasteiger partial charge in [-0.25, -0.2) is 0 Å². The third-order valence-electron chi connectivity index (χ3n) is 9.13. The van der Waals surface area contributed by atoms with E-state index in [0.717, 1.165) is 30.6 Å². The number of aliphatic hydroxyl groups excluding tert-OH is 2. The topological polar surface area (TPSA) is 91.4 Å². The van der Waals surface area contributed by atoms with Crippen molar-refractivity contribution in [3.05, 3.63) is 35.7 Å². The molecule has 0 aromatic carbocycles. The Morgan fingerprint density at radius 3 is 2.49 bits per heavy atom. The van der Waals surface area contributed by atoms with Gasteiger partial charge in [-0.15, -0.1) is 0 Å². The first-order chi connectivity index (χ1) is 16.7. The summed E-state index contributed by atoms with van der Waals surface area (Å²) in [5.74, 6) is 2.91. The maximum absolute atomic E-state index is 10.8. The van der Waals surface area contributed by atoms with Gasteiger partial charge in [0.2, 0.25) is 0 Å². The molecular formula is C29H47N3O3. The number of hydrogen-bond acceptors (Lipinski definition) is 5. The highest BCUT2D eigenvalue weighted by atomic mass is 16.3. The van der Waals surface area contributed by atoms with Crippen molar-refractivity contribution >= 4 is 0 Å². The van der Waals surface area contributed by atoms with Gasteiger partial charge in [0, 0.05) is 5.92 Å². The van der Waals surface area contributed by atoms with E-state index in [4.69, 9.17) is 0 Å². The molecule has 3 fully saturated rings. The highest BCUT2D eigenvalue weighted by molar-refractivity contribution is 5.25. The number of allylic oxidation sites excluding steroid dienone is 3. The number of rotatable bonds is 9. The van der Waals surface area contributed by atoms with E-state index < -0.39 is 17.8 Å². The van der Waals surface area contributed by atoms with Crippen LogP contribution in [0.25, 0.3) is 0 Å². The smallest absolute Gasteiger partial charge is 0.0693 e. The molecule has 0 radical (unpaired) electrons. The van der Waals surface area contributed by atoms with Crippen LogP contribution in [0, 0.1) is 29.6 Å². The summed E-state index contributed by atoms with van der Waals surface area (Å²) in [5.41, 5.74) is 2.21. The third kappa shape index (κ3) is 7.05. The van der Waals surface area contributed by atoms with Crippen LogP contribution >= 0.6 is 0 Å². The van der Waals surface area contributed by atoms with E-state index in [2.05, 4.69) is 29.3 Å². The molecule has 6 heteroatoms. The average molecular weight is 486 g/mol. The summed E-state index contributed by atoms with van der Waals surface area (Å²) in [7, 11) is 0. The van der Waals surface area contributed by atoms with Crippen molar-refractivity contribution in [1.29, 1.82) is 0 Å². The standard InChI is InChI=1S/C29H47N3O3/c1-20(6-5-14-29(2,3)35)23-11-12-24-22(7-4-8-25(23)24)10-9-21-18-27(33)26(28(34)19-21)13-17-32-30-15-16-31-32/h9-10,15-16,20,23-28,33-35H,4-8,11-14,17-19H2,1-3H3/b21-9?,22-10+/t20?,23-,24-,25+,26?,27+,28+/m0/s1. The first-order valence-electron chi connectivity index (χ1n) is 14.0. The van der Waals surface area contributed by atoms with Crippen molar-refractivity contribution in [3.63, 3.8) is 0 Å². The Labute approximate surface area is 211 Å². The fraction of sp³-hybridized carbons (Fsp3) is 0.793. The van der Waals surface area contributed by atoms with E-state index >= 15 is 0 Å². The van der Waals surface area contributed by atoms with Crippen molar-refractivity contribution in [2.75, 3.05) is 0 Å². The van der Waals surface area contributed by atoms with Gasteiger partial charge in [0.1, 0.15) is 0 Å². The van der Waals surface area contributed by atoms with E-state index in [-0.39, 0.29) is 5.92 Å². The van der Waals surface area contributed by atoms with Crippen molar-refractivity contribution in [1.82, 2.24) is 15.0 Å². The molecule has 4 rings (SSSR count). The van der Waals surface area contributed by atoms with Gasteiger partial charge in [-0.3, -0.25) is 0 Å². The van der Waals surface area contributed by atoms with Crippen LogP contribution in [0.2, 0.25) is 0 Å². The highest BCUT2D eigenvalue weighted by Gasteiger charge is 2.41. The normalized spacial score (nSPS) is 33.7. The highest BCUT2D eigenvalue weighted by Crippen LogP contribution is 2.51. The monoisotopic (exact) mass is 485 g/mol. The summed E-state index contributed by atoms with van der Waals surface area (Å²) in [5, 5.41) is 39.8. The third-order valence-corrected chi connectivity index (χ3v) is 9.13. The van der Waals surface area contributed by atoms with Crippen LogP contribution in [0.15, 0.2) is 35.7 Å². The van der Waals surface area contributed by atoms with E-state index in [0.29, 0.717) is 31.7 Å². The Morgan fingerprint density at radius 2 is 1.80 bits per heavy atom. The van der Waals surface area contributed by atoms with Gasteiger partial charge in [-0.2, -0.15) is 15.0 Å². The lowest BCUT2D eigenvalue weighted by atomic mass is 9.71. The summed E-state index contributed by atoms with van der Waals surface area (Å²) >= 11 is 0. The van der Waals surface area contributed by atoms with Gasteiger partial charge in [-0.05, 0) is 95.3 Å². The number of aryl methyl sites for hydroxylation is 1. The predicted molar refractivity (Wildman–Crippen MR) is 138 cm³/mol. The molecule has 0 spiro atoms. The first-order valence-corrected chi connectivity index (χ1v) is 14.0. The average Bonchev–Trinajstić information content (AvgIpc) is 3.46. The number of fused-ring (bicyclic) bond motifs is 1. The van der Waals surface area contributed by atoms with E-state index in [9.17, 15) is 15.3 Å². The number of aromatic nitrogens is 3. The molecule has 1 unspecified atom stereocenters. The van der Waals surface area contributed by atoms with Crippen LogP contribution < -0.4 is 0 Å². The van der Waals surface area contributed by atoms with Crippen LogP contribution in [0.3, 0.4) is 0 Å². The van der Waals surface area contributed by atoms with Gasteiger partial charge in [0.25, 0.3) is 0 Å². The second kappa shape index (κ2) is 11.7. The molecule has 0 aliphatic heterocycles. The lowest BCUT2D eigenvalue weighted by molar-refractivity contribution is -0.0121. The quantitative estimate of drug-likeness (QED) is 0.455. The fourth-order valence-electron chi connectivity index (χ4n) is 7.23. The summed E-state index contributed by atoms with van der Waals surface area (Å²) in [6.07, 6.45) is 18.5. The molecule has 1 aromatic rings. The summed E-state index contributed by atoms with van der Waals surface area (Å²) in [6.45, 7) is 6.88. The molecule has 196 valence electrons. The SMILES string of the molecule is CC(CCCC(C)(C)O)[C@@H]1CC[C@H]2/C(=C/C=C3C[C@@H](O)C(CCn4nccn4)[C@H](O)C3)CCC[C@@H]21. The van der Waals surface area contributed by atoms with E-state index in [1.54, 1.807) is 22.8 Å². The largest absolute Gasteiger partial charge is 0.392 e. The lowest BCUT2D eigenvalue weighted by Gasteiger charge is -2.35. The number of nitrogens with zero attached hydrogens (tertiary/aromatic N) is 3. The lowest BCUT2D eigenvalue weighted by Crippen LogP contribution is -2.37. The molecule has 0 amide bonds. The Balaban J connectivity index is 1.32. The minimum absolute atomic E-state index is 0.127. The molecule has 1 heterocycles. The van der Waals surface area contributed by atoms with E-state index in [1.165, 1.54) is 44.1 Å². The molecule has 6 nitrogen and oxygen atoms in total. The fourth-order valence-corrected chi connectivity index (χ4v) is 7.23. The first kappa shape index (κ1) is 26.6. The Bertz CT molecular complexity index is 843. The van der Waals surface area contributed by atoms with Gasteiger partial charge < -0.3 is 15.3 Å². The zero-order valence-corrected chi connectivity index (χ0v) is 22.0. The molecule has 35 heavy (non-hydrogen) atoms. The molecule has 0 saturated heterocycles. The van der Waals surface area contributed by atoms with Gasteiger partial charge >= 0.3 is 0 Å². The van der Waals surface area contributed by atoms with Crippen molar-refractivity contribution in [2.45, 2.75) is 116 Å². The number of aliphatic hydroxyl groups is 3. The molecule has 6 atom stereocenters. The molecular weight excluding hydrogens is 438 g/mol. The van der Waals surface area contributed by atoms with Crippen molar-refractivity contribution < 1.29 is 15.3 Å².